The van der Waals surface area contributed by atoms with Gasteiger partial charge in [0.15, 0.2) is 11.3 Å². The van der Waals surface area contributed by atoms with Crippen molar-refractivity contribution in [3.63, 3.8) is 0 Å². The highest BCUT2D eigenvalue weighted by Gasteiger charge is 2.18. The van der Waals surface area contributed by atoms with Gasteiger partial charge in [-0.3, -0.25) is 0 Å². The molecule has 0 saturated carbocycles. The average molecular weight is 320 g/mol. The van der Waals surface area contributed by atoms with Gasteiger partial charge in [-0.05, 0) is 28.1 Å². The summed E-state index contributed by atoms with van der Waals surface area (Å²) >= 11 is 3.30. The van der Waals surface area contributed by atoms with Crippen LogP contribution in [0.2, 0.25) is 0 Å². The van der Waals surface area contributed by atoms with Crippen LogP contribution in [0.3, 0.4) is 0 Å². The molecule has 0 fully saturated rings. The largest absolute Gasteiger partial charge is 0.507 e. The molecule has 96 valence electrons. The molecular formula is C14H10BrNO3. The lowest BCUT2D eigenvalue weighted by Crippen LogP contribution is -1.84. The maximum Gasteiger partial charge on any atom is 0.227 e. The fraction of sp³-hybridized carbons (Fsp3) is 0.0714. The SMILES string of the molecule is COc1cc(O)c(Br)c2nc(-c3ccccc3)oc12. The number of aromatic nitrogens is 1. The monoisotopic (exact) mass is 319 g/mol. The van der Waals surface area contributed by atoms with Crippen LogP contribution < -0.4 is 4.74 Å². The molecule has 0 unspecified atom stereocenters. The van der Waals surface area contributed by atoms with Gasteiger partial charge in [0.05, 0.1) is 11.6 Å². The molecule has 5 heteroatoms. The van der Waals surface area contributed by atoms with Crippen molar-refractivity contribution >= 4 is 27.0 Å². The fourth-order valence-electron chi connectivity index (χ4n) is 1.87. The van der Waals surface area contributed by atoms with Crippen LogP contribution in [-0.2, 0) is 0 Å². The summed E-state index contributed by atoms with van der Waals surface area (Å²) in [5.74, 6) is 1.00. The van der Waals surface area contributed by atoms with Crippen LogP contribution in [0.1, 0.15) is 0 Å². The fourth-order valence-corrected chi connectivity index (χ4v) is 2.25. The molecular weight excluding hydrogens is 310 g/mol. The number of halogens is 1. The second-order valence-electron chi connectivity index (χ2n) is 3.97. The van der Waals surface area contributed by atoms with E-state index >= 15 is 0 Å². The van der Waals surface area contributed by atoms with Crippen molar-refractivity contribution in [1.82, 2.24) is 4.98 Å². The van der Waals surface area contributed by atoms with Crippen molar-refractivity contribution in [1.29, 1.82) is 0 Å². The number of ether oxygens (including phenoxy) is 1. The minimum Gasteiger partial charge on any atom is -0.507 e. The van der Waals surface area contributed by atoms with Gasteiger partial charge in [0.2, 0.25) is 5.89 Å². The lowest BCUT2D eigenvalue weighted by molar-refractivity contribution is 0.404. The number of hydrogen-bond acceptors (Lipinski definition) is 4. The van der Waals surface area contributed by atoms with Gasteiger partial charge in [-0.15, -0.1) is 0 Å². The number of phenols is 1. The molecule has 0 aliphatic heterocycles. The minimum atomic E-state index is 0.0669. The van der Waals surface area contributed by atoms with Crippen LogP contribution in [0.25, 0.3) is 22.6 Å². The normalized spacial score (nSPS) is 10.8. The molecule has 4 nitrogen and oxygen atoms in total. The first-order chi connectivity index (χ1) is 9.20. The molecule has 0 aliphatic carbocycles. The van der Waals surface area contributed by atoms with Crippen molar-refractivity contribution in [3.05, 3.63) is 40.9 Å². The predicted molar refractivity (Wildman–Crippen MR) is 75.4 cm³/mol. The summed E-state index contributed by atoms with van der Waals surface area (Å²) in [5.41, 5.74) is 1.91. The van der Waals surface area contributed by atoms with Crippen LogP contribution in [-0.4, -0.2) is 17.2 Å². The van der Waals surface area contributed by atoms with E-state index in [1.807, 2.05) is 30.3 Å². The van der Waals surface area contributed by atoms with Gasteiger partial charge in [-0.2, -0.15) is 0 Å². The summed E-state index contributed by atoms with van der Waals surface area (Å²) < 4.78 is 11.4. The lowest BCUT2D eigenvalue weighted by atomic mass is 10.2. The highest BCUT2D eigenvalue weighted by Crippen LogP contribution is 2.40. The molecule has 2 aromatic carbocycles. The molecule has 19 heavy (non-hydrogen) atoms. The van der Waals surface area contributed by atoms with E-state index in [1.165, 1.54) is 13.2 Å². The van der Waals surface area contributed by atoms with Crippen molar-refractivity contribution in [2.24, 2.45) is 0 Å². The maximum atomic E-state index is 9.80. The molecule has 0 atom stereocenters. The smallest absolute Gasteiger partial charge is 0.227 e. The van der Waals surface area contributed by atoms with E-state index in [0.717, 1.165) is 5.56 Å². The Balaban J connectivity index is 2.29. The summed E-state index contributed by atoms with van der Waals surface area (Å²) in [7, 11) is 1.52. The number of nitrogens with zero attached hydrogens (tertiary/aromatic N) is 1. The molecule has 1 heterocycles. The van der Waals surface area contributed by atoms with Crippen LogP contribution in [0.5, 0.6) is 11.5 Å². The number of methoxy groups -OCH3 is 1. The van der Waals surface area contributed by atoms with Crippen molar-refractivity contribution < 1.29 is 14.3 Å². The first-order valence-electron chi connectivity index (χ1n) is 5.62. The molecule has 0 radical (unpaired) electrons. The summed E-state index contributed by atoms with van der Waals surface area (Å²) in [4.78, 5) is 4.40. The zero-order valence-electron chi connectivity index (χ0n) is 10.1. The quantitative estimate of drug-likeness (QED) is 0.776. The Labute approximate surface area is 117 Å². The third-order valence-corrected chi connectivity index (χ3v) is 3.57. The number of phenolic OH excluding ortho intramolecular Hbond substituents is 1. The Hall–Kier alpha value is -2.01. The molecule has 0 spiro atoms. The highest BCUT2D eigenvalue weighted by atomic mass is 79.9. The zero-order chi connectivity index (χ0) is 13.4. The van der Waals surface area contributed by atoms with Gasteiger partial charge in [0.1, 0.15) is 11.3 Å². The van der Waals surface area contributed by atoms with E-state index in [4.69, 9.17) is 9.15 Å². The van der Waals surface area contributed by atoms with Gasteiger partial charge in [0.25, 0.3) is 0 Å². The van der Waals surface area contributed by atoms with Gasteiger partial charge in [-0.25, -0.2) is 4.98 Å². The minimum absolute atomic E-state index is 0.0669. The molecule has 0 bridgehead atoms. The average Bonchev–Trinajstić information content (AvgIpc) is 2.89. The third kappa shape index (κ3) is 1.96. The number of hydrogen-bond donors (Lipinski definition) is 1. The first-order valence-corrected chi connectivity index (χ1v) is 6.41. The van der Waals surface area contributed by atoms with Crippen LogP contribution in [0, 0.1) is 0 Å². The molecule has 1 aromatic heterocycles. The van der Waals surface area contributed by atoms with Gasteiger partial charge in [0, 0.05) is 11.6 Å². The maximum absolute atomic E-state index is 9.80. The van der Waals surface area contributed by atoms with Gasteiger partial charge < -0.3 is 14.3 Å². The summed E-state index contributed by atoms with van der Waals surface area (Å²) in [5, 5.41) is 9.80. The van der Waals surface area contributed by atoms with Crippen molar-refractivity contribution in [2.75, 3.05) is 7.11 Å². The van der Waals surface area contributed by atoms with Gasteiger partial charge >= 0.3 is 0 Å². The molecule has 0 aliphatic rings. The summed E-state index contributed by atoms with van der Waals surface area (Å²) in [6, 6.07) is 11.1. The van der Waals surface area contributed by atoms with E-state index in [9.17, 15) is 5.11 Å². The van der Waals surface area contributed by atoms with Crippen LogP contribution in [0.4, 0.5) is 0 Å². The van der Waals surface area contributed by atoms with Crippen LogP contribution >= 0.6 is 15.9 Å². The van der Waals surface area contributed by atoms with Crippen LogP contribution in [0.15, 0.2) is 45.3 Å². The number of aromatic hydroxyl groups is 1. The molecule has 3 rings (SSSR count). The summed E-state index contributed by atoms with van der Waals surface area (Å²) in [6.07, 6.45) is 0. The standard InChI is InChI=1S/C14H10BrNO3/c1-18-10-7-9(17)11(15)12-13(10)19-14(16-12)8-5-3-2-4-6-8/h2-7,17H,1H3. The van der Waals surface area contributed by atoms with E-state index in [1.54, 1.807) is 0 Å². The van der Waals surface area contributed by atoms with E-state index in [0.29, 0.717) is 27.2 Å². The van der Waals surface area contributed by atoms with E-state index in [2.05, 4.69) is 20.9 Å². The highest BCUT2D eigenvalue weighted by molar-refractivity contribution is 9.10. The Kier molecular flexibility index (Phi) is 2.91. The zero-order valence-corrected chi connectivity index (χ0v) is 11.6. The summed E-state index contributed by atoms with van der Waals surface area (Å²) in [6.45, 7) is 0. The van der Waals surface area contributed by atoms with Crippen molar-refractivity contribution in [2.45, 2.75) is 0 Å². The Morgan fingerprint density at radius 1 is 1.26 bits per heavy atom. The predicted octanol–water partition coefficient (Wildman–Crippen LogP) is 3.97. The van der Waals surface area contributed by atoms with Crippen molar-refractivity contribution in [3.8, 4) is 23.0 Å². The number of fused-ring (bicyclic) bond motifs is 1. The second kappa shape index (κ2) is 4.59. The molecule has 0 amide bonds. The van der Waals surface area contributed by atoms with E-state index in [-0.39, 0.29) is 5.75 Å². The Morgan fingerprint density at radius 2 is 2.00 bits per heavy atom. The molecule has 3 aromatic rings. The van der Waals surface area contributed by atoms with E-state index < -0.39 is 0 Å². The number of rotatable bonds is 2. The molecule has 0 saturated heterocycles. The second-order valence-corrected chi connectivity index (χ2v) is 4.77. The third-order valence-electron chi connectivity index (χ3n) is 2.79. The number of oxazole rings is 1. The first kappa shape index (κ1) is 12.0. The lowest BCUT2D eigenvalue weighted by Gasteiger charge is -2.02. The number of benzene rings is 2. The topological polar surface area (TPSA) is 55.5 Å². The molecule has 1 N–H and O–H groups in total. The Morgan fingerprint density at radius 3 is 2.68 bits per heavy atom. The Bertz CT molecular complexity index is 737. The van der Waals surface area contributed by atoms with Gasteiger partial charge in [-0.1, -0.05) is 18.2 Å².